The lowest BCUT2D eigenvalue weighted by Crippen LogP contribution is -2.40. The van der Waals surface area contributed by atoms with Gasteiger partial charge in [-0.05, 0) is 13.3 Å². The highest BCUT2D eigenvalue weighted by molar-refractivity contribution is 7.11. The first-order chi connectivity index (χ1) is 8.20. The third kappa shape index (κ3) is 2.92. The normalized spacial score (nSPS) is 18.6. The molecule has 4 nitrogen and oxygen atoms in total. The summed E-state index contributed by atoms with van der Waals surface area (Å²) >= 11 is 1.66. The van der Waals surface area contributed by atoms with Crippen molar-refractivity contribution in [3.05, 3.63) is 27.7 Å². The van der Waals surface area contributed by atoms with E-state index in [2.05, 4.69) is 22.5 Å². The maximum Gasteiger partial charge on any atom is 0.241 e. The summed E-state index contributed by atoms with van der Waals surface area (Å²) in [6.07, 6.45) is 4.78. The van der Waals surface area contributed by atoms with E-state index >= 15 is 0 Å². The fourth-order valence-electron chi connectivity index (χ4n) is 1.85. The van der Waals surface area contributed by atoms with Gasteiger partial charge in [-0.1, -0.05) is 19.1 Å². The van der Waals surface area contributed by atoms with Crippen LogP contribution >= 0.6 is 11.3 Å². The van der Waals surface area contributed by atoms with Crippen LogP contribution in [0, 0.1) is 6.92 Å². The third-order valence-electron chi connectivity index (χ3n) is 2.71. The van der Waals surface area contributed by atoms with Crippen molar-refractivity contribution in [3.8, 4) is 0 Å². The first-order valence-electron chi connectivity index (χ1n) is 5.83. The van der Waals surface area contributed by atoms with Crippen LogP contribution in [0.25, 0.3) is 0 Å². The molecule has 0 aromatic carbocycles. The minimum absolute atomic E-state index is 0.0341. The highest BCUT2D eigenvalue weighted by atomic mass is 32.1. The molecular formula is C12H17N3OS. The van der Waals surface area contributed by atoms with Crippen molar-refractivity contribution < 1.29 is 4.79 Å². The lowest BCUT2D eigenvalue weighted by molar-refractivity contribution is -0.122. The van der Waals surface area contributed by atoms with Gasteiger partial charge in [0.1, 0.15) is 6.04 Å². The molecule has 1 aliphatic rings. The molecule has 1 atom stereocenters. The van der Waals surface area contributed by atoms with Crippen LogP contribution in [0.1, 0.15) is 22.5 Å². The zero-order chi connectivity index (χ0) is 12.3. The molecule has 5 heteroatoms. The SMILES string of the molecule is CCc1nc(C)sc1CNC(=O)[C@H]1C=CCN1. The summed E-state index contributed by atoms with van der Waals surface area (Å²) < 4.78 is 0. The molecule has 0 bridgehead atoms. The van der Waals surface area contributed by atoms with Gasteiger partial charge in [0.2, 0.25) is 5.91 Å². The van der Waals surface area contributed by atoms with E-state index in [1.165, 1.54) is 4.88 Å². The summed E-state index contributed by atoms with van der Waals surface area (Å²) in [4.78, 5) is 17.4. The van der Waals surface area contributed by atoms with Gasteiger partial charge in [-0.2, -0.15) is 0 Å². The van der Waals surface area contributed by atoms with Crippen LogP contribution in [0.3, 0.4) is 0 Å². The molecule has 0 radical (unpaired) electrons. The Kier molecular flexibility index (Phi) is 3.91. The number of nitrogens with zero attached hydrogens (tertiary/aromatic N) is 1. The van der Waals surface area contributed by atoms with Crippen molar-refractivity contribution in [2.45, 2.75) is 32.9 Å². The molecule has 0 saturated heterocycles. The quantitative estimate of drug-likeness (QED) is 0.790. The molecule has 0 aliphatic carbocycles. The van der Waals surface area contributed by atoms with Crippen LogP contribution in [0.5, 0.6) is 0 Å². The third-order valence-corrected chi connectivity index (χ3v) is 3.72. The maximum absolute atomic E-state index is 11.8. The number of rotatable bonds is 4. The Bertz CT molecular complexity index is 439. The number of hydrogen-bond donors (Lipinski definition) is 2. The van der Waals surface area contributed by atoms with Crippen molar-refractivity contribution in [1.82, 2.24) is 15.6 Å². The van der Waals surface area contributed by atoms with Crippen molar-refractivity contribution in [2.24, 2.45) is 0 Å². The van der Waals surface area contributed by atoms with Gasteiger partial charge in [0.05, 0.1) is 17.2 Å². The van der Waals surface area contributed by atoms with Crippen molar-refractivity contribution >= 4 is 17.2 Å². The monoisotopic (exact) mass is 251 g/mol. The second-order valence-electron chi connectivity index (χ2n) is 3.99. The minimum atomic E-state index is -0.172. The van der Waals surface area contributed by atoms with E-state index in [4.69, 9.17) is 0 Å². The van der Waals surface area contributed by atoms with Crippen LogP contribution in [0.15, 0.2) is 12.2 Å². The number of aryl methyl sites for hydroxylation is 2. The molecule has 1 aromatic rings. The van der Waals surface area contributed by atoms with Gasteiger partial charge in [0, 0.05) is 11.4 Å². The van der Waals surface area contributed by atoms with E-state index in [-0.39, 0.29) is 11.9 Å². The lowest BCUT2D eigenvalue weighted by atomic mass is 10.2. The summed E-state index contributed by atoms with van der Waals surface area (Å²) in [7, 11) is 0. The van der Waals surface area contributed by atoms with E-state index < -0.39 is 0 Å². The molecule has 2 heterocycles. The molecule has 92 valence electrons. The van der Waals surface area contributed by atoms with Gasteiger partial charge in [0.25, 0.3) is 0 Å². The van der Waals surface area contributed by atoms with E-state index in [0.717, 1.165) is 23.7 Å². The first-order valence-corrected chi connectivity index (χ1v) is 6.65. The molecule has 1 aliphatic heterocycles. The Hall–Kier alpha value is -1.20. The molecule has 2 N–H and O–H groups in total. The predicted molar refractivity (Wildman–Crippen MR) is 69.0 cm³/mol. The Morgan fingerprint density at radius 3 is 3.18 bits per heavy atom. The number of carbonyl (C=O) groups is 1. The number of amides is 1. The summed E-state index contributed by atoms with van der Waals surface area (Å²) in [5.74, 6) is 0.0341. The van der Waals surface area contributed by atoms with Crippen LogP contribution in [-0.2, 0) is 17.8 Å². The number of carbonyl (C=O) groups excluding carboxylic acids is 1. The fraction of sp³-hybridized carbons (Fsp3) is 0.500. The van der Waals surface area contributed by atoms with Crippen LogP contribution in [0.4, 0.5) is 0 Å². The molecule has 0 fully saturated rings. The molecule has 1 amide bonds. The Morgan fingerprint density at radius 2 is 2.53 bits per heavy atom. The Balaban J connectivity index is 1.92. The van der Waals surface area contributed by atoms with Gasteiger partial charge in [-0.25, -0.2) is 4.98 Å². The standard InChI is InChI=1S/C12H17N3OS/c1-3-9-11(17-8(2)15-9)7-14-12(16)10-5-4-6-13-10/h4-5,10,13H,3,6-7H2,1-2H3,(H,14,16)/t10-/m1/s1. The Morgan fingerprint density at radius 1 is 1.71 bits per heavy atom. The number of thiazole rings is 1. The van der Waals surface area contributed by atoms with E-state index in [0.29, 0.717) is 6.54 Å². The summed E-state index contributed by atoms with van der Waals surface area (Å²) in [5.41, 5.74) is 1.10. The highest BCUT2D eigenvalue weighted by Gasteiger charge is 2.17. The topological polar surface area (TPSA) is 54.0 Å². The van der Waals surface area contributed by atoms with Gasteiger partial charge < -0.3 is 5.32 Å². The molecule has 17 heavy (non-hydrogen) atoms. The highest BCUT2D eigenvalue weighted by Crippen LogP contribution is 2.18. The molecule has 0 unspecified atom stereocenters. The molecule has 2 rings (SSSR count). The van der Waals surface area contributed by atoms with Crippen LogP contribution in [0.2, 0.25) is 0 Å². The van der Waals surface area contributed by atoms with E-state index in [1.54, 1.807) is 11.3 Å². The average Bonchev–Trinajstić information content (AvgIpc) is 2.94. The van der Waals surface area contributed by atoms with E-state index in [9.17, 15) is 4.79 Å². The van der Waals surface area contributed by atoms with Gasteiger partial charge in [0.15, 0.2) is 0 Å². The number of nitrogens with one attached hydrogen (secondary N) is 2. The second kappa shape index (κ2) is 5.42. The first kappa shape index (κ1) is 12.3. The lowest BCUT2D eigenvalue weighted by Gasteiger charge is -2.09. The van der Waals surface area contributed by atoms with Gasteiger partial charge in [-0.15, -0.1) is 11.3 Å². The number of aromatic nitrogens is 1. The Labute approximate surface area is 105 Å². The van der Waals surface area contributed by atoms with Crippen LogP contribution < -0.4 is 10.6 Å². The molecule has 0 spiro atoms. The predicted octanol–water partition coefficient (Wildman–Crippen LogP) is 1.16. The van der Waals surface area contributed by atoms with Crippen molar-refractivity contribution in [3.63, 3.8) is 0 Å². The second-order valence-corrected chi connectivity index (χ2v) is 5.28. The zero-order valence-electron chi connectivity index (χ0n) is 10.1. The maximum atomic E-state index is 11.8. The average molecular weight is 251 g/mol. The minimum Gasteiger partial charge on any atom is -0.349 e. The van der Waals surface area contributed by atoms with E-state index in [1.807, 2.05) is 19.1 Å². The molecule has 0 saturated carbocycles. The van der Waals surface area contributed by atoms with Crippen molar-refractivity contribution in [1.29, 1.82) is 0 Å². The zero-order valence-corrected chi connectivity index (χ0v) is 10.9. The summed E-state index contributed by atoms with van der Waals surface area (Å²) in [6.45, 7) is 5.44. The number of hydrogen-bond acceptors (Lipinski definition) is 4. The molecule has 1 aromatic heterocycles. The van der Waals surface area contributed by atoms with Crippen molar-refractivity contribution in [2.75, 3.05) is 6.54 Å². The summed E-state index contributed by atoms with van der Waals surface area (Å²) in [6, 6.07) is -0.172. The van der Waals surface area contributed by atoms with Crippen LogP contribution in [-0.4, -0.2) is 23.5 Å². The fourth-order valence-corrected chi connectivity index (χ4v) is 2.82. The largest absolute Gasteiger partial charge is 0.349 e. The molecular weight excluding hydrogens is 234 g/mol. The summed E-state index contributed by atoms with van der Waals surface area (Å²) in [5, 5.41) is 7.10. The smallest absolute Gasteiger partial charge is 0.241 e. The van der Waals surface area contributed by atoms with Gasteiger partial charge in [-0.3, -0.25) is 10.1 Å². The van der Waals surface area contributed by atoms with Gasteiger partial charge >= 0.3 is 0 Å².